The van der Waals surface area contributed by atoms with Crippen molar-refractivity contribution in [3.8, 4) is 5.75 Å². The zero-order valence-electron chi connectivity index (χ0n) is 20.2. The van der Waals surface area contributed by atoms with Crippen LogP contribution in [0.5, 0.6) is 5.75 Å². The van der Waals surface area contributed by atoms with Crippen LogP contribution in [-0.4, -0.2) is 59.5 Å². The molecule has 2 aromatic heterocycles. The van der Waals surface area contributed by atoms with Gasteiger partial charge in [-0.05, 0) is 62.1 Å². The molecule has 3 aromatic rings. The van der Waals surface area contributed by atoms with Crippen LogP contribution >= 0.6 is 0 Å². The van der Waals surface area contributed by atoms with Crippen LogP contribution in [0.15, 0.2) is 36.5 Å². The normalized spacial score (nSPS) is 22.4. The van der Waals surface area contributed by atoms with Crippen LogP contribution in [0, 0.1) is 0 Å². The molecule has 7 nitrogen and oxygen atoms in total. The summed E-state index contributed by atoms with van der Waals surface area (Å²) in [5, 5.41) is 10.9. The maximum Gasteiger partial charge on any atom is 0.170 e. The van der Waals surface area contributed by atoms with E-state index in [2.05, 4.69) is 31.9 Å². The molecule has 3 fully saturated rings. The Morgan fingerprint density at radius 2 is 1.83 bits per heavy atom. The van der Waals surface area contributed by atoms with Gasteiger partial charge in [0.2, 0.25) is 0 Å². The number of hydrogen-bond donors (Lipinski definition) is 1. The van der Waals surface area contributed by atoms with Crippen LogP contribution in [0.3, 0.4) is 0 Å². The van der Waals surface area contributed by atoms with E-state index in [0.717, 1.165) is 68.1 Å². The lowest BCUT2D eigenvalue weighted by atomic mass is 9.81. The number of anilines is 2. The fourth-order valence-corrected chi connectivity index (χ4v) is 5.69. The number of β-amino-alcohol motifs (C(OH)–C–C–N with tert-alkyl or cyclic N) is 1. The van der Waals surface area contributed by atoms with E-state index in [1.807, 2.05) is 18.2 Å². The van der Waals surface area contributed by atoms with Gasteiger partial charge in [-0.15, -0.1) is 0 Å². The minimum atomic E-state index is -1.43. The van der Waals surface area contributed by atoms with Crippen molar-refractivity contribution in [1.82, 2.24) is 15.0 Å². The Bertz CT molecular complexity index is 1230. The number of aromatic nitrogens is 3. The Hall–Kier alpha value is -3.00. The van der Waals surface area contributed by atoms with Gasteiger partial charge in [0, 0.05) is 31.6 Å². The minimum Gasteiger partial charge on any atom is -0.496 e. The van der Waals surface area contributed by atoms with E-state index >= 15 is 4.39 Å². The fourth-order valence-electron chi connectivity index (χ4n) is 5.69. The van der Waals surface area contributed by atoms with Gasteiger partial charge in [0.1, 0.15) is 17.4 Å². The summed E-state index contributed by atoms with van der Waals surface area (Å²) in [6.07, 6.45) is 5.92. The summed E-state index contributed by atoms with van der Waals surface area (Å²) < 4.78 is 21.0. The van der Waals surface area contributed by atoms with E-state index in [-0.39, 0.29) is 6.10 Å². The van der Waals surface area contributed by atoms with E-state index in [1.54, 1.807) is 13.3 Å². The van der Waals surface area contributed by atoms with Crippen molar-refractivity contribution < 1.29 is 14.2 Å². The number of methoxy groups -OCH3 is 1. The molecule has 1 N–H and O–H groups in total. The topological polar surface area (TPSA) is 74.6 Å². The predicted molar refractivity (Wildman–Crippen MR) is 134 cm³/mol. The molecule has 3 aliphatic rings. The average Bonchev–Trinajstić information content (AvgIpc) is 3.32. The monoisotopic (exact) mass is 477 g/mol. The number of aliphatic hydroxyl groups excluding tert-OH is 1. The van der Waals surface area contributed by atoms with E-state index in [1.165, 1.54) is 5.56 Å². The van der Waals surface area contributed by atoms with Crippen molar-refractivity contribution in [3.63, 3.8) is 0 Å². The number of piperidine rings is 1. The summed E-state index contributed by atoms with van der Waals surface area (Å²) in [7, 11) is 1.72. The molecule has 184 valence electrons. The van der Waals surface area contributed by atoms with E-state index in [9.17, 15) is 5.11 Å². The average molecular weight is 478 g/mol. The molecule has 6 rings (SSSR count). The number of halogens is 1. The zero-order valence-corrected chi connectivity index (χ0v) is 20.2. The van der Waals surface area contributed by atoms with E-state index in [0.29, 0.717) is 36.6 Å². The molecule has 1 aliphatic carbocycles. The number of alkyl halides is 1. The highest BCUT2D eigenvalue weighted by atomic mass is 19.1. The molecule has 2 saturated heterocycles. The van der Waals surface area contributed by atoms with Gasteiger partial charge in [-0.25, -0.2) is 19.3 Å². The van der Waals surface area contributed by atoms with Crippen LogP contribution in [-0.2, 0) is 5.67 Å². The Kier molecular flexibility index (Phi) is 5.71. The summed E-state index contributed by atoms with van der Waals surface area (Å²) in [5.41, 5.74) is 0.500. The Morgan fingerprint density at radius 1 is 1.06 bits per heavy atom. The van der Waals surface area contributed by atoms with E-state index < -0.39 is 5.67 Å². The van der Waals surface area contributed by atoms with Crippen molar-refractivity contribution in [2.24, 2.45) is 0 Å². The van der Waals surface area contributed by atoms with Crippen molar-refractivity contribution in [3.05, 3.63) is 47.9 Å². The lowest BCUT2D eigenvalue weighted by molar-refractivity contribution is 0.0512. The quantitative estimate of drug-likeness (QED) is 0.586. The molecule has 2 aliphatic heterocycles. The third-order valence-corrected chi connectivity index (χ3v) is 7.96. The van der Waals surface area contributed by atoms with Gasteiger partial charge >= 0.3 is 0 Å². The maximum absolute atomic E-state index is 15.4. The molecule has 0 unspecified atom stereocenters. The molecule has 0 bridgehead atoms. The number of benzene rings is 1. The maximum atomic E-state index is 15.4. The number of para-hydroxylation sites is 1. The second-order valence-corrected chi connectivity index (χ2v) is 10.1. The number of hydrogen-bond acceptors (Lipinski definition) is 7. The smallest absolute Gasteiger partial charge is 0.170 e. The summed E-state index contributed by atoms with van der Waals surface area (Å²) in [6.45, 7) is 3.00. The zero-order chi connectivity index (χ0) is 24.0. The van der Waals surface area contributed by atoms with Crippen LogP contribution in [0.25, 0.3) is 10.9 Å². The summed E-state index contributed by atoms with van der Waals surface area (Å²) in [4.78, 5) is 18.5. The van der Waals surface area contributed by atoms with Crippen molar-refractivity contribution >= 4 is 22.5 Å². The highest BCUT2D eigenvalue weighted by Gasteiger charge is 2.42. The standard InChI is InChI=1S/C27H32FN5O2/c1-35-23-6-3-2-5-20(23)18-7-12-32(13-8-18)25-21-15-24(33-14-9-19(34)17-33)29-16-22(21)30-26(31-25)27(28)10-4-11-27/h2-3,5-6,15-16,18-19,34H,4,7-14,17H2,1H3/t19-/m0/s1. The summed E-state index contributed by atoms with van der Waals surface area (Å²) in [6, 6.07) is 10.3. The van der Waals surface area contributed by atoms with Crippen molar-refractivity contribution in [1.29, 1.82) is 0 Å². The third kappa shape index (κ3) is 4.07. The molecule has 1 aromatic carbocycles. The number of aliphatic hydroxyl groups is 1. The van der Waals surface area contributed by atoms with Gasteiger partial charge in [0.15, 0.2) is 11.5 Å². The molecular formula is C27H32FN5O2. The molecule has 1 saturated carbocycles. The van der Waals surface area contributed by atoms with Gasteiger partial charge < -0.3 is 19.6 Å². The summed E-state index contributed by atoms with van der Waals surface area (Å²) >= 11 is 0. The number of rotatable bonds is 5. The van der Waals surface area contributed by atoms with Crippen molar-refractivity contribution in [2.75, 3.05) is 43.1 Å². The highest BCUT2D eigenvalue weighted by molar-refractivity contribution is 5.91. The second-order valence-electron chi connectivity index (χ2n) is 10.1. The Balaban J connectivity index is 1.34. The first kappa shape index (κ1) is 22.5. The van der Waals surface area contributed by atoms with Gasteiger partial charge in [-0.2, -0.15) is 0 Å². The lowest BCUT2D eigenvalue weighted by Crippen LogP contribution is -2.36. The van der Waals surface area contributed by atoms with Gasteiger partial charge in [0.05, 0.1) is 24.9 Å². The minimum absolute atomic E-state index is 0.296. The number of fused-ring (bicyclic) bond motifs is 1. The predicted octanol–water partition coefficient (Wildman–Crippen LogP) is 4.34. The molecule has 4 heterocycles. The largest absolute Gasteiger partial charge is 0.496 e. The SMILES string of the molecule is COc1ccccc1C1CCN(c2nc(C3(F)CCC3)nc3cnc(N4CC[C@H](O)C4)cc23)CC1. The van der Waals surface area contributed by atoms with Gasteiger partial charge in [-0.1, -0.05) is 18.2 Å². The highest BCUT2D eigenvalue weighted by Crippen LogP contribution is 2.45. The lowest BCUT2D eigenvalue weighted by Gasteiger charge is -2.36. The number of ether oxygens (including phenoxy) is 1. The van der Waals surface area contributed by atoms with Crippen LogP contribution < -0.4 is 14.5 Å². The summed E-state index contributed by atoms with van der Waals surface area (Å²) in [5.74, 6) is 3.26. The molecule has 0 spiro atoms. The molecule has 1 atom stereocenters. The third-order valence-electron chi connectivity index (χ3n) is 7.96. The molecule has 8 heteroatoms. The van der Waals surface area contributed by atoms with Crippen LogP contribution in [0.2, 0.25) is 0 Å². The van der Waals surface area contributed by atoms with Crippen LogP contribution in [0.1, 0.15) is 55.8 Å². The second kappa shape index (κ2) is 8.90. The first-order chi connectivity index (χ1) is 17.0. The van der Waals surface area contributed by atoms with Gasteiger partial charge in [0.25, 0.3) is 0 Å². The molecule has 0 amide bonds. The number of pyridine rings is 1. The first-order valence-corrected chi connectivity index (χ1v) is 12.7. The molecular weight excluding hydrogens is 445 g/mol. The van der Waals surface area contributed by atoms with E-state index in [4.69, 9.17) is 9.72 Å². The van der Waals surface area contributed by atoms with Crippen LogP contribution in [0.4, 0.5) is 16.0 Å². The Morgan fingerprint density at radius 3 is 2.51 bits per heavy atom. The molecule has 35 heavy (non-hydrogen) atoms. The van der Waals surface area contributed by atoms with Gasteiger partial charge in [-0.3, -0.25) is 0 Å². The number of nitrogens with zero attached hydrogens (tertiary/aromatic N) is 5. The first-order valence-electron chi connectivity index (χ1n) is 12.7. The fraction of sp³-hybridized carbons (Fsp3) is 0.519. The molecule has 0 radical (unpaired) electrons. The van der Waals surface area contributed by atoms with Crippen molar-refractivity contribution in [2.45, 2.75) is 56.2 Å². The Labute approximate surface area is 205 Å².